The zero-order valence-electron chi connectivity index (χ0n) is 11.7. The molecule has 1 fully saturated rings. The number of aliphatic carboxylic acids is 1. The second kappa shape index (κ2) is 9.34. The topological polar surface area (TPSA) is 52.6 Å². The van der Waals surface area contributed by atoms with Gasteiger partial charge in [-0.1, -0.05) is 13.3 Å². The van der Waals surface area contributed by atoms with E-state index in [2.05, 4.69) is 17.1 Å². The predicted molar refractivity (Wildman–Crippen MR) is 73.8 cm³/mol. The first-order chi connectivity index (χ1) is 8.68. The molecule has 4 nitrogen and oxygen atoms in total. The van der Waals surface area contributed by atoms with Crippen LogP contribution < -0.4 is 5.32 Å². The molecule has 1 heterocycles. The molecule has 1 unspecified atom stereocenters. The lowest BCUT2D eigenvalue weighted by molar-refractivity contribution is -0.137. The summed E-state index contributed by atoms with van der Waals surface area (Å²) in [6, 6.07) is 0. The summed E-state index contributed by atoms with van der Waals surface area (Å²) in [7, 11) is 0. The summed E-state index contributed by atoms with van der Waals surface area (Å²) >= 11 is 0. The SMILES string of the molecule is CC(CNCCCCCC(=O)O)CN1CCCC1. The molecule has 0 aromatic carbocycles. The van der Waals surface area contributed by atoms with Crippen molar-refractivity contribution in [1.29, 1.82) is 0 Å². The van der Waals surface area contributed by atoms with Crippen molar-refractivity contribution >= 4 is 5.97 Å². The van der Waals surface area contributed by atoms with Gasteiger partial charge in [-0.2, -0.15) is 0 Å². The smallest absolute Gasteiger partial charge is 0.303 e. The lowest BCUT2D eigenvalue weighted by Gasteiger charge is -2.20. The molecule has 0 amide bonds. The minimum absolute atomic E-state index is 0.311. The maximum absolute atomic E-state index is 10.3. The molecule has 1 atom stereocenters. The summed E-state index contributed by atoms with van der Waals surface area (Å²) in [6.45, 7) is 8.17. The average molecular weight is 256 g/mol. The highest BCUT2D eigenvalue weighted by Gasteiger charge is 2.13. The van der Waals surface area contributed by atoms with Crippen LogP contribution in [-0.4, -0.2) is 48.7 Å². The van der Waals surface area contributed by atoms with Crippen LogP contribution in [0.15, 0.2) is 0 Å². The molecule has 1 saturated heterocycles. The molecule has 106 valence electrons. The van der Waals surface area contributed by atoms with Gasteiger partial charge in [-0.05, 0) is 57.8 Å². The Morgan fingerprint density at radius 1 is 1.28 bits per heavy atom. The molecule has 1 aliphatic rings. The van der Waals surface area contributed by atoms with E-state index >= 15 is 0 Å². The molecule has 0 aromatic rings. The van der Waals surface area contributed by atoms with Crippen molar-refractivity contribution in [3.8, 4) is 0 Å². The second-order valence-electron chi connectivity index (χ2n) is 5.52. The van der Waals surface area contributed by atoms with Gasteiger partial charge in [0.15, 0.2) is 0 Å². The molecule has 1 aliphatic heterocycles. The molecule has 0 saturated carbocycles. The molecule has 4 heteroatoms. The fourth-order valence-corrected chi connectivity index (χ4v) is 2.52. The second-order valence-corrected chi connectivity index (χ2v) is 5.52. The van der Waals surface area contributed by atoms with Crippen LogP contribution in [-0.2, 0) is 4.79 Å². The summed E-state index contributed by atoms with van der Waals surface area (Å²) in [6.07, 6.45) is 5.95. The van der Waals surface area contributed by atoms with Crippen molar-refractivity contribution in [2.24, 2.45) is 5.92 Å². The van der Waals surface area contributed by atoms with Gasteiger partial charge in [-0.15, -0.1) is 0 Å². The van der Waals surface area contributed by atoms with E-state index in [1.54, 1.807) is 0 Å². The Morgan fingerprint density at radius 2 is 2.00 bits per heavy atom. The lowest BCUT2D eigenvalue weighted by atomic mass is 10.1. The molecule has 2 N–H and O–H groups in total. The fourth-order valence-electron chi connectivity index (χ4n) is 2.52. The Hall–Kier alpha value is -0.610. The van der Waals surface area contributed by atoms with E-state index in [1.807, 2.05) is 0 Å². The van der Waals surface area contributed by atoms with Crippen LogP contribution in [0.1, 0.15) is 45.4 Å². The highest BCUT2D eigenvalue weighted by atomic mass is 16.4. The van der Waals surface area contributed by atoms with Crippen LogP contribution in [0.2, 0.25) is 0 Å². The van der Waals surface area contributed by atoms with Crippen LogP contribution in [0.3, 0.4) is 0 Å². The van der Waals surface area contributed by atoms with E-state index < -0.39 is 5.97 Å². The third-order valence-electron chi connectivity index (χ3n) is 3.51. The summed E-state index contributed by atoms with van der Waals surface area (Å²) in [4.78, 5) is 12.9. The zero-order chi connectivity index (χ0) is 13.2. The van der Waals surface area contributed by atoms with E-state index in [-0.39, 0.29) is 0 Å². The quantitative estimate of drug-likeness (QED) is 0.587. The minimum Gasteiger partial charge on any atom is -0.481 e. The van der Waals surface area contributed by atoms with Gasteiger partial charge in [0.2, 0.25) is 0 Å². The number of hydrogen-bond donors (Lipinski definition) is 2. The Bertz CT molecular complexity index is 228. The minimum atomic E-state index is -0.679. The third kappa shape index (κ3) is 7.67. The molecule has 0 bridgehead atoms. The number of carbonyl (C=O) groups is 1. The van der Waals surface area contributed by atoms with Crippen LogP contribution >= 0.6 is 0 Å². The Kier molecular flexibility index (Phi) is 8.01. The van der Waals surface area contributed by atoms with Gasteiger partial charge in [0, 0.05) is 13.0 Å². The van der Waals surface area contributed by atoms with Crippen molar-refractivity contribution in [1.82, 2.24) is 10.2 Å². The standard InChI is InChI=1S/C14H28N2O2/c1-13(12-16-9-5-6-10-16)11-15-8-4-2-3-7-14(17)18/h13,15H,2-12H2,1H3,(H,17,18). The highest BCUT2D eigenvalue weighted by Crippen LogP contribution is 2.09. The Balaban J connectivity index is 1.86. The van der Waals surface area contributed by atoms with E-state index in [9.17, 15) is 4.79 Å². The van der Waals surface area contributed by atoms with Gasteiger partial charge in [-0.3, -0.25) is 4.79 Å². The van der Waals surface area contributed by atoms with E-state index in [1.165, 1.54) is 32.5 Å². The summed E-state index contributed by atoms with van der Waals surface area (Å²) in [5.41, 5.74) is 0. The van der Waals surface area contributed by atoms with Crippen molar-refractivity contribution in [3.63, 3.8) is 0 Å². The maximum Gasteiger partial charge on any atom is 0.303 e. The summed E-state index contributed by atoms with van der Waals surface area (Å²) < 4.78 is 0. The maximum atomic E-state index is 10.3. The van der Waals surface area contributed by atoms with Crippen LogP contribution in [0, 0.1) is 5.92 Å². The zero-order valence-corrected chi connectivity index (χ0v) is 11.7. The van der Waals surface area contributed by atoms with Crippen LogP contribution in [0.25, 0.3) is 0 Å². The van der Waals surface area contributed by atoms with Gasteiger partial charge < -0.3 is 15.3 Å². The molecule has 0 aliphatic carbocycles. The lowest BCUT2D eigenvalue weighted by Crippen LogP contribution is -2.32. The first kappa shape index (κ1) is 15.4. The molecular formula is C14H28N2O2. The monoisotopic (exact) mass is 256 g/mol. The van der Waals surface area contributed by atoms with Gasteiger partial charge in [0.25, 0.3) is 0 Å². The normalized spacial score (nSPS) is 18.1. The number of unbranched alkanes of at least 4 members (excludes halogenated alkanes) is 2. The molecule has 0 aromatic heterocycles. The predicted octanol–water partition coefficient (Wildman–Crippen LogP) is 1.95. The number of rotatable bonds is 10. The van der Waals surface area contributed by atoms with Gasteiger partial charge in [0.1, 0.15) is 0 Å². The number of nitrogens with one attached hydrogen (secondary N) is 1. The molecule has 18 heavy (non-hydrogen) atoms. The number of likely N-dealkylation sites (tertiary alicyclic amines) is 1. The molecule has 0 spiro atoms. The van der Waals surface area contributed by atoms with Gasteiger partial charge in [-0.25, -0.2) is 0 Å². The van der Waals surface area contributed by atoms with Gasteiger partial charge >= 0.3 is 5.97 Å². The average Bonchev–Trinajstić information content (AvgIpc) is 2.80. The Labute approximate surface area is 111 Å². The van der Waals surface area contributed by atoms with E-state index in [0.717, 1.165) is 32.4 Å². The largest absolute Gasteiger partial charge is 0.481 e. The van der Waals surface area contributed by atoms with E-state index in [4.69, 9.17) is 5.11 Å². The summed E-state index contributed by atoms with van der Waals surface area (Å²) in [5.74, 6) is 0.0318. The number of carboxylic acid groups (broad SMARTS) is 1. The molecular weight excluding hydrogens is 228 g/mol. The number of carboxylic acids is 1. The third-order valence-corrected chi connectivity index (χ3v) is 3.51. The van der Waals surface area contributed by atoms with Crippen molar-refractivity contribution in [2.75, 3.05) is 32.7 Å². The molecule has 0 radical (unpaired) electrons. The van der Waals surface area contributed by atoms with E-state index in [0.29, 0.717) is 12.3 Å². The van der Waals surface area contributed by atoms with Crippen molar-refractivity contribution in [3.05, 3.63) is 0 Å². The highest BCUT2D eigenvalue weighted by molar-refractivity contribution is 5.66. The number of nitrogens with zero attached hydrogens (tertiary/aromatic N) is 1. The first-order valence-corrected chi connectivity index (χ1v) is 7.33. The fraction of sp³-hybridized carbons (Fsp3) is 0.929. The van der Waals surface area contributed by atoms with Crippen LogP contribution in [0.4, 0.5) is 0 Å². The van der Waals surface area contributed by atoms with Crippen LogP contribution in [0.5, 0.6) is 0 Å². The van der Waals surface area contributed by atoms with Gasteiger partial charge in [0.05, 0.1) is 0 Å². The van der Waals surface area contributed by atoms with Crippen molar-refractivity contribution in [2.45, 2.75) is 45.4 Å². The first-order valence-electron chi connectivity index (χ1n) is 7.33. The summed E-state index contributed by atoms with van der Waals surface area (Å²) in [5, 5.41) is 12.0. The molecule has 1 rings (SSSR count). The number of hydrogen-bond acceptors (Lipinski definition) is 3. The van der Waals surface area contributed by atoms with Crippen molar-refractivity contribution < 1.29 is 9.90 Å². The Morgan fingerprint density at radius 3 is 2.67 bits per heavy atom.